The first kappa shape index (κ1) is 23.5. The van der Waals surface area contributed by atoms with Crippen molar-refractivity contribution in [3.8, 4) is 0 Å². The van der Waals surface area contributed by atoms with Crippen LogP contribution in [0.5, 0.6) is 0 Å². The quantitative estimate of drug-likeness (QED) is 0.468. The molecule has 0 fully saturated rings. The number of carbonyl (C=O) groups is 2. The number of nitrogens with one attached hydrogen (secondary N) is 2. The molecule has 0 radical (unpaired) electrons. The molecule has 2 aromatic carbocycles. The molecule has 2 amide bonds. The van der Waals surface area contributed by atoms with Gasteiger partial charge in [-0.1, -0.05) is 48.0 Å². The van der Waals surface area contributed by atoms with E-state index in [0.717, 1.165) is 0 Å². The predicted molar refractivity (Wildman–Crippen MR) is 119 cm³/mol. The van der Waals surface area contributed by atoms with Crippen molar-refractivity contribution in [3.63, 3.8) is 0 Å². The molecule has 3 aromatic rings. The highest BCUT2D eigenvalue weighted by Crippen LogP contribution is 2.17. The number of rotatable bonds is 10. The average Bonchev–Trinajstić information content (AvgIpc) is 3.31. The summed E-state index contributed by atoms with van der Waals surface area (Å²) in [4.78, 5) is 26.6. The molecule has 0 atom stereocenters. The Bertz CT molecular complexity index is 1150. The van der Waals surface area contributed by atoms with Crippen LogP contribution in [-0.4, -0.2) is 38.2 Å². The Morgan fingerprint density at radius 3 is 2.38 bits per heavy atom. The number of hydrogen-bond donors (Lipinski definition) is 2. The zero-order valence-electron chi connectivity index (χ0n) is 17.0. The number of halogens is 1. The van der Waals surface area contributed by atoms with Crippen LogP contribution < -0.4 is 10.0 Å². The molecule has 2 N–H and O–H groups in total. The van der Waals surface area contributed by atoms with Crippen LogP contribution in [0.1, 0.15) is 11.3 Å². The maximum absolute atomic E-state index is 12.9. The summed E-state index contributed by atoms with van der Waals surface area (Å²) in [6.45, 7) is -0.578. The molecule has 10 heteroatoms. The lowest BCUT2D eigenvalue weighted by Gasteiger charge is -2.23. The van der Waals surface area contributed by atoms with E-state index in [1.807, 2.05) is 0 Å². The number of carbonyl (C=O) groups excluding carboxylic acids is 2. The first-order valence-corrected chi connectivity index (χ1v) is 11.6. The zero-order valence-corrected chi connectivity index (χ0v) is 18.6. The van der Waals surface area contributed by atoms with Crippen LogP contribution >= 0.6 is 11.6 Å². The number of nitrogens with zero attached hydrogens (tertiary/aromatic N) is 1. The van der Waals surface area contributed by atoms with E-state index in [2.05, 4.69) is 10.0 Å². The second kappa shape index (κ2) is 10.9. The molecule has 3 rings (SSSR count). The van der Waals surface area contributed by atoms with Gasteiger partial charge in [0.25, 0.3) is 0 Å². The van der Waals surface area contributed by atoms with Gasteiger partial charge in [0.15, 0.2) is 0 Å². The van der Waals surface area contributed by atoms with Crippen molar-refractivity contribution >= 4 is 33.4 Å². The first-order chi connectivity index (χ1) is 15.3. The lowest BCUT2D eigenvalue weighted by atomic mass is 10.2. The van der Waals surface area contributed by atoms with Crippen molar-refractivity contribution < 1.29 is 22.4 Å². The number of benzene rings is 2. The van der Waals surface area contributed by atoms with E-state index in [1.165, 1.54) is 23.3 Å². The molecule has 8 nitrogen and oxygen atoms in total. The standard InChI is InChI=1S/C22H22ClN3O5S/c23-20-11-5-4-7-17(20)15-26(16-21(27)24-13-18-8-6-12-31-18)22(28)14-25-32(29,30)19-9-2-1-3-10-19/h1-12,25H,13-16H2,(H,24,27). The fourth-order valence-electron chi connectivity index (χ4n) is 2.84. The minimum absolute atomic E-state index is 0.0414. The van der Waals surface area contributed by atoms with Crippen LogP contribution in [0.4, 0.5) is 0 Å². The Morgan fingerprint density at radius 1 is 0.969 bits per heavy atom. The highest BCUT2D eigenvalue weighted by Gasteiger charge is 2.22. The Labute approximate surface area is 191 Å². The lowest BCUT2D eigenvalue weighted by Crippen LogP contribution is -2.44. The molecular formula is C22H22ClN3O5S. The molecule has 1 aromatic heterocycles. The molecule has 1 heterocycles. The van der Waals surface area contributed by atoms with E-state index in [0.29, 0.717) is 16.3 Å². The summed E-state index contributed by atoms with van der Waals surface area (Å²) >= 11 is 6.21. The minimum atomic E-state index is -3.87. The van der Waals surface area contributed by atoms with E-state index in [9.17, 15) is 18.0 Å². The normalized spacial score (nSPS) is 11.2. The molecule has 0 saturated carbocycles. The Morgan fingerprint density at radius 2 is 1.69 bits per heavy atom. The van der Waals surface area contributed by atoms with E-state index in [4.69, 9.17) is 16.0 Å². The molecular weight excluding hydrogens is 454 g/mol. The number of hydrogen-bond acceptors (Lipinski definition) is 5. The monoisotopic (exact) mass is 475 g/mol. The van der Waals surface area contributed by atoms with Gasteiger partial charge in [0, 0.05) is 11.6 Å². The summed E-state index contributed by atoms with van der Waals surface area (Å²) in [6.07, 6.45) is 1.49. The van der Waals surface area contributed by atoms with Crippen LogP contribution in [0.15, 0.2) is 82.3 Å². The number of amides is 2. The van der Waals surface area contributed by atoms with E-state index >= 15 is 0 Å². The largest absolute Gasteiger partial charge is 0.467 e. The smallest absolute Gasteiger partial charge is 0.241 e. The summed E-state index contributed by atoms with van der Waals surface area (Å²) in [5.41, 5.74) is 0.632. The van der Waals surface area contributed by atoms with Crippen molar-refractivity contribution in [2.24, 2.45) is 0 Å². The molecule has 0 bridgehead atoms. The van der Waals surface area contributed by atoms with E-state index in [-0.39, 0.29) is 24.5 Å². The molecule has 0 saturated heterocycles. The van der Waals surface area contributed by atoms with Crippen LogP contribution in [0.3, 0.4) is 0 Å². The maximum Gasteiger partial charge on any atom is 0.241 e. The molecule has 0 spiro atoms. The Kier molecular flexibility index (Phi) is 8.04. The highest BCUT2D eigenvalue weighted by molar-refractivity contribution is 7.89. The van der Waals surface area contributed by atoms with Gasteiger partial charge in [-0.25, -0.2) is 13.1 Å². The molecule has 0 aliphatic rings. The van der Waals surface area contributed by atoms with Gasteiger partial charge in [0.1, 0.15) is 5.76 Å². The minimum Gasteiger partial charge on any atom is -0.467 e. The fraction of sp³-hybridized carbons (Fsp3) is 0.182. The van der Waals surface area contributed by atoms with E-state index < -0.39 is 28.4 Å². The van der Waals surface area contributed by atoms with Crippen molar-refractivity contribution in [2.45, 2.75) is 18.0 Å². The predicted octanol–water partition coefficient (Wildman–Crippen LogP) is 2.56. The third kappa shape index (κ3) is 6.68. The van der Waals surface area contributed by atoms with Gasteiger partial charge in [0.05, 0.1) is 30.8 Å². The van der Waals surface area contributed by atoms with Crippen molar-refractivity contribution in [1.29, 1.82) is 0 Å². The SMILES string of the molecule is O=C(CN(Cc1ccccc1Cl)C(=O)CNS(=O)(=O)c1ccccc1)NCc1ccco1. The van der Waals surface area contributed by atoms with Gasteiger partial charge in [-0.05, 0) is 35.9 Å². The highest BCUT2D eigenvalue weighted by atomic mass is 35.5. The second-order valence-corrected chi connectivity index (χ2v) is 9.01. The van der Waals surface area contributed by atoms with Gasteiger partial charge < -0.3 is 14.6 Å². The Hall–Kier alpha value is -3.14. The van der Waals surface area contributed by atoms with Gasteiger partial charge in [-0.3, -0.25) is 9.59 Å². The van der Waals surface area contributed by atoms with Crippen molar-refractivity contribution in [2.75, 3.05) is 13.1 Å². The lowest BCUT2D eigenvalue weighted by molar-refractivity contribution is -0.135. The topological polar surface area (TPSA) is 109 Å². The zero-order chi connectivity index (χ0) is 23.0. The summed E-state index contributed by atoms with van der Waals surface area (Å²) in [6, 6.07) is 18.1. The molecule has 32 heavy (non-hydrogen) atoms. The molecule has 168 valence electrons. The summed E-state index contributed by atoms with van der Waals surface area (Å²) in [5.74, 6) is -0.428. The van der Waals surface area contributed by atoms with Crippen LogP contribution in [0.25, 0.3) is 0 Å². The molecule has 0 aliphatic carbocycles. The number of furan rings is 1. The third-order valence-electron chi connectivity index (χ3n) is 4.51. The van der Waals surface area contributed by atoms with Crippen molar-refractivity contribution in [3.05, 3.63) is 89.3 Å². The Balaban J connectivity index is 1.68. The summed E-state index contributed by atoms with van der Waals surface area (Å²) in [7, 11) is -3.87. The van der Waals surface area contributed by atoms with Crippen molar-refractivity contribution in [1.82, 2.24) is 14.9 Å². The second-order valence-electron chi connectivity index (χ2n) is 6.83. The van der Waals surface area contributed by atoms with Crippen LogP contribution in [0, 0.1) is 0 Å². The maximum atomic E-state index is 12.9. The molecule has 0 aliphatic heterocycles. The van der Waals surface area contributed by atoms with E-state index in [1.54, 1.807) is 54.6 Å². The van der Waals surface area contributed by atoms with Gasteiger partial charge in [0.2, 0.25) is 21.8 Å². The summed E-state index contributed by atoms with van der Waals surface area (Å²) in [5, 5.41) is 3.11. The van der Waals surface area contributed by atoms with Crippen LogP contribution in [-0.2, 0) is 32.7 Å². The summed E-state index contributed by atoms with van der Waals surface area (Å²) < 4.78 is 32.3. The van der Waals surface area contributed by atoms with Gasteiger partial charge in [-0.2, -0.15) is 0 Å². The van der Waals surface area contributed by atoms with Gasteiger partial charge >= 0.3 is 0 Å². The number of sulfonamides is 1. The third-order valence-corrected chi connectivity index (χ3v) is 6.30. The first-order valence-electron chi connectivity index (χ1n) is 9.70. The van der Waals surface area contributed by atoms with Gasteiger partial charge in [-0.15, -0.1) is 0 Å². The fourth-order valence-corrected chi connectivity index (χ4v) is 4.04. The van der Waals surface area contributed by atoms with Crippen LogP contribution in [0.2, 0.25) is 5.02 Å². The molecule has 0 unspecified atom stereocenters. The average molecular weight is 476 g/mol.